The summed E-state index contributed by atoms with van der Waals surface area (Å²) in [5.41, 5.74) is 2.18. The highest BCUT2D eigenvalue weighted by Gasteiger charge is 2.42. The standard InChI is InChI=1S/C15H20ClF3/c1-9(2)5-11-7-13(15(17,18)19)8-12(14(11)16)6-10(3)4/h5-6,9,13H,7-8H2,1-4H3/b11-5+. The van der Waals surface area contributed by atoms with Crippen molar-refractivity contribution in [3.05, 3.63) is 33.9 Å². The van der Waals surface area contributed by atoms with E-state index in [0.29, 0.717) is 16.2 Å². The van der Waals surface area contributed by atoms with Crippen molar-refractivity contribution in [2.45, 2.75) is 46.7 Å². The van der Waals surface area contributed by atoms with E-state index in [1.807, 2.05) is 33.8 Å². The van der Waals surface area contributed by atoms with Crippen LogP contribution in [0.25, 0.3) is 0 Å². The van der Waals surface area contributed by atoms with Gasteiger partial charge >= 0.3 is 6.18 Å². The van der Waals surface area contributed by atoms with Gasteiger partial charge in [-0.25, -0.2) is 0 Å². The van der Waals surface area contributed by atoms with E-state index < -0.39 is 12.1 Å². The van der Waals surface area contributed by atoms with Crippen LogP contribution in [0.5, 0.6) is 0 Å². The van der Waals surface area contributed by atoms with Crippen molar-refractivity contribution in [2.24, 2.45) is 11.8 Å². The van der Waals surface area contributed by atoms with E-state index in [0.717, 1.165) is 5.57 Å². The van der Waals surface area contributed by atoms with Gasteiger partial charge in [-0.05, 0) is 43.8 Å². The molecular formula is C15H20ClF3. The molecule has 1 unspecified atom stereocenters. The molecule has 0 aromatic rings. The van der Waals surface area contributed by atoms with Crippen LogP contribution in [0.1, 0.15) is 40.5 Å². The van der Waals surface area contributed by atoms with E-state index in [4.69, 9.17) is 11.6 Å². The number of hydrogen-bond acceptors (Lipinski definition) is 0. The van der Waals surface area contributed by atoms with Crippen LogP contribution in [0.15, 0.2) is 33.9 Å². The van der Waals surface area contributed by atoms with E-state index in [1.165, 1.54) is 0 Å². The van der Waals surface area contributed by atoms with Crippen molar-refractivity contribution in [1.29, 1.82) is 0 Å². The molecular weight excluding hydrogens is 273 g/mol. The summed E-state index contributed by atoms with van der Waals surface area (Å²) >= 11 is 6.25. The van der Waals surface area contributed by atoms with Crippen molar-refractivity contribution in [3.63, 3.8) is 0 Å². The molecule has 0 saturated carbocycles. The minimum Gasteiger partial charge on any atom is -0.171 e. The normalized spacial score (nSPS) is 23.2. The van der Waals surface area contributed by atoms with Crippen LogP contribution in [-0.4, -0.2) is 6.18 Å². The van der Waals surface area contributed by atoms with Crippen LogP contribution in [0, 0.1) is 11.8 Å². The van der Waals surface area contributed by atoms with Gasteiger partial charge in [0, 0.05) is 5.03 Å². The van der Waals surface area contributed by atoms with Crippen molar-refractivity contribution in [1.82, 2.24) is 0 Å². The Balaban J connectivity index is 3.21. The molecule has 19 heavy (non-hydrogen) atoms. The molecule has 1 aliphatic carbocycles. The molecule has 0 aliphatic heterocycles. The number of halogens is 4. The molecule has 0 aromatic carbocycles. The van der Waals surface area contributed by atoms with Gasteiger partial charge in [0.25, 0.3) is 0 Å². The largest absolute Gasteiger partial charge is 0.392 e. The third kappa shape index (κ3) is 4.72. The van der Waals surface area contributed by atoms with Gasteiger partial charge in [-0.15, -0.1) is 0 Å². The maximum atomic E-state index is 13.0. The van der Waals surface area contributed by atoms with Gasteiger partial charge in [0.15, 0.2) is 0 Å². The molecule has 1 rings (SSSR count). The smallest absolute Gasteiger partial charge is 0.171 e. The second-order valence-corrected chi connectivity index (χ2v) is 6.02. The highest BCUT2D eigenvalue weighted by molar-refractivity contribution is 6.32. The maximum absolute atomic E-state index is 13.0. The molecule has 0 nitrogen and oxygen atoms in total. The quantitative estimate of drug-likeness (QED) is 0.585. The Bertz CT molecular complexity index is 421. The van der Waals surface area contributed by atoms with Gasteiger partial charge in [0.05, 0.1) is 5.92 Å². The molecule has 1 atom stereocenters. The van der Waals surface area contributed by atoms with Crippen LogP contribution < -0.4 is 0 Å². The highest BCUT2D eigenvalue weighted by atomic mass is 35.5. The second-order valence-electron chi connectivity index (χ2n) is 5.64. The summed E-state index contributed by atoms with van der Waals surface area (Å²) < 4.78 is 38.9. The molecule has 108 valence electrons. The predicted octanol–water partition coefficient (Wildman–Crippen LogP) is 6.00. The summed E-state index contributed by atoms with van der Waals surface area (Å²) in [4.78, 5) is 0. The highest BCUT2D eigenvalue weighted by Crippen LogP contribution is 2.44. The molecule has 0 bridgehead atoms. The Labute approximate surface area is 118 Å². The molecule has 0 saturated heterocycles. The van der Waals surface area contributed by atoms with Gasteiger partial charge in [0.1, 0.15) is 0 Å². The lowest BCUT2D eigenvalue weighted by atomic mass is 9.83. The fourth-order valence-electron chi connectivity index (χ4n) is 2.23. The van der Waals surface area contributed by atoms with Gasteiger partial charge in [-0.3, -0.25) is 0 Å². The monoisotopic (exact) mass is 292 g/mol. The van der Waals surface area contributed by atoms with E-state index in [1.54, 1.807) is 6.08 Å². The first kappa shape index (κ1) is 16.4. The fourth-order valence-corrected chi connectivity index (χ4v) is 2.51. The first-order valence-corrected chi connectivity index (χ1v) is 6.80. The lowest BCUT2D eigenvalue weighted by molar-refractivity contribution is -0.174. The molecule has 4 heteroatoms. The summed E-state index contributed by atoms with van der Waals surface area (Å²) in [6, 6.07) is 0. The SMILES string of the molecule is CC(C)=CC1=C(Cl)/C(=C/C(C)C)CC(C(F)(F)F)C1. The number of hydrogen-bond donors (Lipinski definition) is 0. The predicted molar refractivity (Wildman–Crippen MR) is 74.0 cm³/mol. The molecule has 0 radical (unpaired) electrons. The summed E-state index contributed by atoms with van der Waals surface area (Å²) in [5.74, 6) is -1.14. The van der Waals surface area contributed by atoms with E-state index in [2.05, 4.69) is 0 Å². The van der Waals surface area contributed by atoms with Crippen molar-refractivity contribution >= 4 is 11.6 Å². The summed E-state index contributed by atoms with van der Waals surface area (Å²) in [6.45, 7) is 7.60. The summed E-state index contributed by atoms with van der Waals surface area (Å²) in [6.07, 6.45) is -0.620. The van der Waals surface area contributed by atoms with Crippen molar-refractivity contribution < 1.29 is 13.2 Å². The van der Waals surface area contributed by atoms with E-state index in [-0.39, 0.29) is 18.8 Å². The molecule has 0 spiro atoms. The average molecular weight is 293 g/mol. The zero-order valence-electron chi connectivity index (χ0n) is 11.7. The first-order valence-electron chi connectivity index (χ1n) is 6.42. The van der Waals surface area contributed by atoms with Crippen LogP contribution >= 0.6 is 11.6 Å². The van der Waals surface area contributed by atoms with Crippen LogP contribution in [0.2, 0.25) is 0 Å². The summed E-state index contributed by atoms with van der Waals surface area (Å²) in [5, 5.41) is 0.496. The van der Waals surface area contributed by atoms with E-state index >= 15 is 0 Å². The molecule has 0 amide bonds. The van der Waals surface area contributed by atoms with Gasteiger partial charge in [-0.1, -0.05) is 43.2 Å². The fraction of sp³-hybridized carbons (Fsp3) is 0.600. The number of rotatable bonds is 2. The zero-order valence-corrected chi connectivity index (χ0v) is 12.5. The van der Waals surface area contributed by atoms with Gasteiger partial charge < -0.3 is 0 Å². The lowest BCUT2D eigenvalue weighted by Crippen LogP contribution is -2.26. The first-order chi connectivity index (χ1) is 8.61. The van der Waals surface area contributed by atoms with Crippen LogP contribution in [0.3, 0.4) is 0 Å². The number of allylic oxidation sites excluding steroid dienone is 6. The van der Waals surface area contributed by atoms with Gasteiger partial charge in [-0.2, -0.15) is 13.2 Å². The topological polar surface area (TPSA) is 0 Å². The molecule has 1 aliphatic rings. The average Bonchev–Trinajstić information content (AvgIpc) is 2.20. The minimum absolute atomic E-state index is 0.0133. The lowest BCUT2D eigenvalue weighted by Gasteiger charge is -2.28. The van der Waals surface area contributed by atoms with Crippen molar-refractivity contribution in [3.8, 4) is 0 Å². The van der Waals surface area contributed by atoms with Crippen molar-refractivity contribution in [2.75, 3.05) is 0 Å². The minimum atomic E-state index is -4.17. The Morgan fingerprint density at radius 2 is 1.84 bits per heavy atom. The maximum Gasteiger partial charge on any atom is 0.392 e. The molecule has 0 N–H and O–H groups in total. The Kier molecular flexibility index (Phi) is 5.31. The number of alkyl halides is 3. The van der Waals surface area contributed by atoms with E-state index in [9.17, 15) is 13.2 Å². The van der Waals surface area contributed by atoms with Crippen LogP contribution in [-0.2, 0) is 0 Å². The third-order valence-corrected chi connectivity index (χ3v) is 3.44. The third-order valence-electron chi connectivity index (χ3n) is 2.96. The van der Waals surface area contributed by atoms with Gasteiger partial charge in [0.2, 0.25) is 0 Å². The Morgan fingerprint density at radius 3 is 2.26 bits per heavy atom. The second kappa shape index (κ2) is 6.17. The van der Waals surface area contributed by atoms with Crippen LogP contribution in [0.4, 0.5) is 13.2 Å². The molecule has 0 fully saturated rings. The molecule has 0 heterocycles. The Hall–Kier alpha value is -0.700. The Morgan fingerprint density at radius 1 is 1.26 bits per heavy atom. The zero-order chi connectivity index (χ0) is 14.8. The summed E-state index contributed by atoms with van der Waals surface area (Å²) in [7, 11) is 0. The molecule has 0 aromatic heterocycles.